The molecule has 1 aromatic carbocycles. The van der Waals surface area contributed by atoms with Crippen LogP contribution in [-0.4, -0.2) is 13.3 Å². The second-order valence-electron chi connectivity index (χ2n) is 5.79. The third-order valence-corrected chi connectivity index (χ3v) is 4.23. The molecular formula is C18H25NO. The first kappa shape index (κ1) is 15.0. The van der Waals surface area contributed by atoms with Crippen LogP contribution < -0.4 is 0 Å². The van der Waals surface area contributed by atoms with Crippen LogP contribution in [0.1, 0.15) is 45.3 Å². The van der Waals surface area contributed by atoms with Crippen molar-refractivity contribution in [3.8, 4) is 0 Å². The van der Waals surface area contributed by atoms with E-state index in [0.717, 1.165) is 11.3 Å². The van der Waals surface area contributed by atoms with Crippen LogP contribution >= 0.6 is 0 Å². The van der Waals surface area contributed by atoms with Crippen LogP contribution in [0.3, 0.4) is 0 Å². The molecule has 0 amide bonds. The maximum atomic E-state index is 5.42. The highest BCUT2D eigenvalue weighted by atomic mass is 16.5. The highest BCUT2D eigenvalue weighted by molar-refractivity contribution is 5.68. The van der Waals surface area contributed by atoms with Crippen molar-refractivity contribution >= 4 is 11.9 Å². The first-order chi connectivity index (χ1) is 9.61. The predicted molar refractivity (Wildman–Crippen MR) is 85.7 cm³/mol. The first-order valence-corrected chi connectivity index (χ1v) is 7.45. The van der Waals surface area contributed by atoms with Crippen molar-refractivity contribution in [3.63, 3.8) is 0 Å². The molecule has 0 bridgehead atoms. The average Bonchev–Trinajstić information content (AvgIpc) is 2.46. The summed E-state index contributed by atoms with van der Waals surface area (Å²) < 4.78 is 5.42. The summed E-state index contributed by atoms with van der Waals surface area (Å²) in [5.41, 5.74) is 3.69. The minimum Gasteiger partial charge on any atom is -0.377 e. The van der Waals surface area contributed by atoms with Crippen LogP contribution in [0.25, 0.3) is 0 Å². The van der Waals surface area contributed by atoms with Crippen LogP contribution in [0.5, 0.6) is 0 Å². The minimum atomic E-state index is 0.0780. The largest absolute Gasteiger partial charge is 0.377 e. The van der Waals surface area contributed by atoms with E-state index in [2.05, 4.69) is 45.2 Å². The van der Waals surface area contributed by atoms with Gasteiger partial charge in [-0.25, -0.2) is 0 Å². The zero-order chi connectivity index (χ0) is 14.5. The van der Waals surface area contributed by atoms with Gasteiger partial charge in [0.05, 0.1) is 11.8 Å². The Labute approximate surface area is 122 Å². The Kier molecular flexibility index (Phi) is 5.13. The molecule has 108 valence electrons. The number of para-hydroxylation sites is 1. The number of ether oxygens (including phenoxy) is 1. The molecule has 1 aromatic rings. The molecule has 0 saturated heterocycles. The summed E-state index contributed by atoms with van der Waals surface area (Å²) in [5, 5.41) is 0. The Morgan fingerprint density at radius 3 is 2.80 bits per heavy atom. The molecule has 0 aliphatic heterocycles. The fourth-order valence-electron chi connectivity index (χ4n) is 2.78. The number of hydrogen-bond acceptors (Lipinski definition) is 2. The van der Waals surface area contributed by atoms with E-state index in [1.54, 1.807) is 7.11 Å². The van der Waals surface area contributed by atoms with Crippen LogP contribution in [0.15, 0.2) is 40.9 Å². The van der Waals surface area contributed by atoms with E-state index in [4.69, 9.17) is 9.73 Å². The van der Waals surface area contributed by atoms with E-state index in [0.29, 0.717) is 11.8 Å². The van der Waals surface area contributed by atoms with Gasteiger partial charge in [-0.1, -0.05) is 36.8 Å². The summed E-state index contributed by atoms with van der Waals surface area (Å²) in [6, 6.07) is 8.23. The lowest BCUT2D eigenvalue weighted by atomic mass is 9.83. The first-order valence-electron chi connectivity index (χ1n) is 7.45. The number of nitrogens with zero attached hydrogens (tertiary/aromatic N) is 1. The Bertz CT molecular complexity index is 504. The Morgan fingerprint density at radius 2 is 2.10 bits per heavy atom. The van der Waals surface area contributed by atoms with Crippen molar-refractivity contribution < 1.29 is 4.74 Å². The topological polar surface area (TPSA) is 21.6 Å². The molecule has 1 aliphatic rings. The van der Waals surface area contributed by atoms with Crippen molar-refractivity contribution in [3.05, 3.63) is 41.5 Å². The third-order valence-electron chi connectivity index (χ3n) is 4.23. The molecule has 0 N–H and O–H groups in total. The smallest absolute Gasteiger partial charge is 0.0813 e. The van der Waals surface area contributed by atoms with E-state index < -0.39 is 0 Å². The van der Waals surface area contributed by atoms with Gasteiger partial charge in [-0.15, -0.1) is 0 Å². The molecule has 0 fully saturated rings. The maximum Gasteiger partial charge on any atom is 0.0813 e. The average molecular weight is 271 g/mol. The molecule has 3 unspecified atom stereocenters. The zero-order valence-electron chi connectivity index (χ0n) is 13.0. The number of aliphatic imine (C=N–C) groups is 1. The lowest BCUT2D eigenvalue weighted by Gasteiger charge is -2.23. The van der Waals surface area contributed by atoms with Crippen molar-refractivity contribution in [2.75, 3.05) is 7.11 Å². The molecule has 20 heavy (non-hydrogen) atoms. The molecule has 2 rings (SSSR count). The van der Waals surface area contributed by atoms with Crippen LogP contribution in [0.2, 0.25) is 0 Å². The highest BCUT2D eigenvalue weighted by Crippen LogP contribution is 2.30. The summed E-state index contributed by atoms with van der Waals surface area (Å²) in [6.45, 7) is 6.56. The molecule has 0 aromatic heterocycles. The van der Waals surface area contributed by atoms with Gasteiger partial charge in [0.2, 0.25) is 0 Å². The maximum absolute atomic E-state index is 5.42. The molecule has 0 spiro atoms. The molecule has 0 heterocycles. The number of benzene rings is 1. The summed E-state index contributed by atoms with van der Waals surface area (Å²) in [6.07, 6.45) is 6.99. The second kappa shape index (κ2) is 6.85. The zero-order valence-corrected chi connectivity index (χ0v) is 13.0. The van der Waals surface area contributed by atoms with Crippen LogP contribution in [-0.2, 0) is 4.74 Å². The molecule has 0 radical (unpaired) electrons. The van der Waals surface area contributed by atoms with E-state index in [9.17, 15) is 0 Å². The van der Waals surface area contributed by atoms with E-state index in [1.165, 1.54) is 18.4 Å². The summed E-state index contributed by atoms with van der Waals surface area (Å²) in [7, 11) is 1.74. The monoisotopic (exact) mass is 271 g/mol. The molecule has 2 heteroatoms. The Balaban J connectivity index is 2.16. The lowest BCUT2D eigenvalue weighted by Crippen LogP contribution is -2.15. The van der Waals surface area contributed by atoms with Gasteiger partial charge in [0.15, 0.2) is 0 Å². The van der Waals surface area contributed by atoms with Crippen molar-refractivity contribution in [2.45, 2.75) is 39.7 Å². The normalized spacial score (nSPS) is 24.7. The van der Waals surface area contributed by atoms with Gasteiger partial charge in [-0.2, -0.15) is 0 Å². The van der Waals surface area contributed by atoms with E-state index in [-0.39, 0.29) is 6.10 Å². The third kappa shape index (κ3) is 3.57. The lowest BCUT2D eigenvalue weighted by molar-refractivity contribution is 0.120. The molecule has 2 nitrogen and oxygen atoms in total. The van der Waals surface area contributed by atoms with E-state index >= 15 is 0 Å². The van der Waals surface area contributed by atoms with Gasteiger partial charge >= 0.3 is 0 Å². The van der Waals surface area contributed by atoms with Gasteiger partial charge in [0.1, 0.15) is 0 Å². The van der Waals surface area contributed by atoms with Crippen LogP contribution in [0, 0.1) is 11.8 Å². The highest BCUT2D eigenvalue weighted by Gasteiger charge is 2.18. The number of hydrogen-bond donors (Lipinski definition) is 0. The van der Waals surface area contributed by atoms with Gasteiger partial charge < -0.3 is 4.74 Å². The SMILES string of the molecule is COC(C)c1ccccc1N=CC1CCC(C)=CC1C. The van der Waals surface area contributed by atoms with E-state index in [1.807, 2.05) is 12.1 Å². The van der Waals surface area contributed by atoms with Gasteiger partial charge in [-0.3, -0.25) is 4.99 Å². The van der Waals surface area contributed by atoms with Crippen molar-refractivity contribution in [2.24, 2.45) is 16.8 Å². The molecular weight excluding hydrogens is 246 g/mol. The summed E-state index contributed by atoms with van der Waals surface area (Å²) >= 11 is 0. The fraction of sp³-hybridized carbons (Fsp3) is 0.500. The fourth-order valence-corrected chi connectivity index (χ4v) is 2.78. The predicted octanol–water partition coefficient (Wildman–Crippen LogP) is 5.09. The molecule has 0 saturated carbocycles. The van der Waals surface area contributed by atoms with Crippen LogP contribution in [0.4, 0.5) is 5.69 Å². The Morgan fingerprint density at radius 1 is 1.35 bits per heavy atom. The number of methoxy groups -OCH3 is 1. The molecule has 1 aliphatic carbocycles. The number of allylic oxidation sites excluding steroid dienone is 2. The Hall–Kier alpha value is -1.41. The van der Waals surface area contributed by atoms with Gasteiger partial charge in [0, 0.05) is 24.8 Å². The van der Waals surface area contributed by atoms with Gasteiger partial charge in [0.25, 0.3) is 0 Å². The van der Waals surface area contributed by atoms with Gasteiger partial charge in [-0.05, 0) is 38.7 Å². The van der Waals surface area contributed by atoms with Crippen molar-refractivity contribution in [1.82, 2.24) is 0 Å². The minimum absolute atomic E-state index is 0.0780. The summed E-state index contributed by atoms with van der Waals surface area (Å²) in [4.78, 5) is 4.74. The second-order valence-corrected chi connectivity index (χ2v) is 5.79. The molecule has 3 atom stereocenters. The number of rotatable bonds is 4. The standard InChI is InChI=1S/C18H25NO/c1-13-9-10-16(14(2)11-13)12-19-18-8-6-5-7-17(18)15(3)20-4/h5-8,11-12,14-16H,9-10H2,1-4H3. The summed E-state index contributed by atoms with van der Waals surface area (Å²) in [5.74, 6) is 1.13. The van der Waals surface area contributed by atoms with Crippen molar-refractivity contribution in [1.29, 1.82) is 0 Å². The quantitative estimate of drug-likeness (QED) is 0.552.